The van der Waals surface area contributed by atoms with Crippen molar-refractivity contribution in [2.45, 2.75) is 51.3 Å². The Morgan fingerprint density at radius 3 is 3.00 bits per heavy atom. The van der Waals surface area contributed by atoms with Gasteiger partial charge in [0.05, 0.1) is 18.5 Å². The highest BCUT2D eigenvalue weighted by Gasteiger charge is 2.20. The second-order valence-electron chi connectivity index (χ2n) is 6.68. The van der Waals surface area contributed by atoms with Gasteiger partial charge >= 0.3 is 6.03 Å². The van der Waals surface area contributed by atoms with E-state index in [-0.39, 0.29) is 24.2 Å². The Morgan fingerprint density at radius 2 is 2.28 bits per heavy atom. The van der Waals surface area contributed by atoms with E-state index in [4.69, 9.17) is 4.74 Å². The van der Waals surface area contributed by atoms with Crippen molar-refractivity contribution in [1.29, 1.82) is 0 Å². The summed E-state index contributed by atoms with van der Waals surface area (Å²) in [5, 5.41) is 6.01. The minimum Gasteiger partial charge on any atom is -0.378 e. The smallest absolute Gasteiger partial charge is 0.315 e. The number of carbonyl (C=O) groups is 1. The third kappa shape index (κ3) is 4.82. The van der Waals surface area contributed by atoms with Crippen molar-refractivity contribution in [2.24, 2.45) is 0 Å². The standard InChI is InChI=1S/C19H26N4O2/c1-14(11-18-7-4-10-25-18)21-19(24)22-15(2)16-5-3-6-17(12-16)23-9-8-20-13-23/h3,5-6,8-9,12-15,18H,4,7,10-11H2,1-2H3,(H2,21,22,24). The molecule has 1 aliphatic heterocycles. The van der Waals surface area contributed by atoms with E-state index >= 15 is 0 Å². The highest BCUT2D eigenvalue weighted by molar-refractivity contribution is 5.74. The molecule has 0 radical (unpaired) electrons. The Balaban J connectivity index is 1.53. The van der Waals surface area contributed by atoms with Gasteiger partial charge in [0.25, 0.3) is 0 Å². The van der Waals surface area contributed by atoms with E-state index in [1.807, 2.05) is 42.8 Å². The van der Waals surface area contributed by atoms with Gasteiger partial charge in [0.1, 0.15) is 0 Å². The number of rotatable bonds is 6. The Morgan fingerprint density at radius 1 is 1.40 bits per heavy atom. The molecule has 2 amide bonds. The SMILES string of the molecule is CC(CC1CCCO1)NC(=O)NC(C)c1cccc(-n2ccnc2)c1. The summed E-state index contributed by atoms with van der Waals surface area (Å²) in [5.41, 5.74) is 2.07. The zero-order chi connectivity index (χ0) is 17.6. The monoisotopic (exact) mass is 342 g/mol. The lowest BCUT2D eigenvalue weighted by atomic mass is 10.1. The van der Waals surface area contributed by atoms with Crippen LogP contribution in [0.2, 0.25) is 0 Å². The van der Waals surface area contributed by atoms with Crippen LogP contribution in [0, 0.1) is 0 Å². The average molecular weight is 342 g/mol. The topological polar surface area (TPSA) is 68.2 Å². The molecule has 2 aromatic rings. The fourth-order valence-corrected chi connectivity index (χ4v) is 3.20. The molecule has 0 bridgehead atoms. The molecule has 3 rings (SSSR count). The van der Waals surface area contributed by atoms with Crippen LogP contribution in [0.3, 0.4) is 0 Å². The van der Waals surface area contributed by atoms with E-state index in [1.54, 1.807) is 12.5 Å². The maximum absolute atomic E-state index is 12.2. The first-order chi connectivity index (χ1) is 12.1. The number of hydrogen-bond donors (Lipinski definition) is 2. The number of aromatic nitrogens is 2. The lowest BCUT2D eigenvalue weighted by Gasteiger charge is -2.20. The van der Waals surface area contributed by atoms with Crippen LogP contribution in [0.25, 0.3) is 5.69 Å². The Hall–Kier alpha value is -2.34. The summed E-state index contributed by atoms with van der Waals surface area (Å²) in [6, 6.07) is 7.93. The van der Waals surface area contributed by atoms with Gasteiger partial charge in [0.2, 0.25) is 0 Å². The maximum atomic E-state index is 12.2. The predicted octanol–water partition coefficient (Wildman–Crippen LogP) is 3.19. The van der Waals surface area contributed by atoms with Gasteiger partial charge < -0.3 is 19.9 Å². The summed E-state index contributed by atoms with van der Waals surface area (Å²) in [6.07, 6.45) is 8.75. The van der Waals surface area contributed by atoms with Crippen molar-refractivity contribution < 1.29 is 9.53 Å². The highest BCUT2D eigenvalue weighted by Crippen LogP contribution is 2.18. The molecule has 1 saturated heterocycles. The minimum atomic E-state index is -0.147. The molecular formula is C19H26N4O2. The summed E-state index contributed by atoms with van der Waals surface area (Å²) in [5.74, 6) is 0. The van der Waals surface area contributed by atoms with Crippen molar-refractivity contribution in [3.8, 4) is 5.69 Å². The molecule has 3 atom stereocenters. The Kier molecular flexibility index (Phi) is 5.71. The normalized spacial score (nSPS) is 19.4. The predicted molar refractivity (Wildman–Crippen MR) is 96.7 cm³/mol. The van der Waals surface area contributed by atoms with Crippen LogP contribution in [-0.4, -0.2) is 34.3 Å². The molecule has 134 valence electrons. The molecule has 1 fully saturated rings. The number of amides is 2. The first-order valence-electron chi connectivity index (χ1n) is 8.89. The van der Waals surface area contributed by atoms with Gasteiger partial charge in [-0.15, -0.1) is 0 Å². The molecule has 0 aliphatic carbocycles. The van der Waals surface area contributed by atoms with Crippen LogP contribution >= 0.6 is 0 Å². The van der Waals surface area contributed by atoms with Crippen molar-refractivity contribution in [3.63, 3.8) is 0 Å². The van der Waals surface area contributed by atoms with Gasteiger partial charge in [-0.25, -0.2) is 9.78 Å². The van der Waals surface area contributed by atoms with E-state index in [2.05, 4.69) is 21.7 Å². The van der Waals surface area contributed by atoms with E-state index in [9.17, 15) is 4.79 Å². The average Bonchev–Trinajstić information content (AvgIpc) is 3.28. The maximum Gasteiger partial charge on any atom is 0.315 e. The molecule has 25 heavy (non-hydrogen) atoms. The van der Waals surface area contributed by atoms with Crippen molar-refractivity contribution in [3.05, 3.63) is 48.5 Å². The second kappa shape index (κ2) is 8.16. The molecule has 6 nitrogen and oxygen atoms in total. The molecule has 1 aromatic carbocycles. The summed E-state index contributed by atoms with van der Waals surface area (Å²) < 4.78 is 7.57. The number of nitrogens with zero attached hydrogens (tertiary/aromatic N) is 2. The van der Waals surface area contributed by atoms with Gasteiger partial charge in [0.15, 0.2) is 0 Å². The van der Waals surface area contributed by atoms with Crippen LogP contribution in [-0.2, 0) is 4.74 Å². The molecule has 2 heterocycles. The fourth-order valence-electron chi connectivity index (χ4n) is 3.20. The Bertz CT molecular complexity index is 680. The van der Waals surface area contributed by atoms with Gasteiger partial charge in [-0.3, -0.25) is 0 Å². The number of benzene rings is 1. The van der Waals surface area contributed by atoms with Crippen LogP contribution in [0.5, 0.6) is 0 Å². The molecule has 1 aliphatic rings. The first kappa shape index (κ1) is 17.5. The van der Waals surface area contributed by atoms with E-state index in [0.29, 0.717) is 0 Å². The fraction of sp³-hybridized carbons (Fsp3) is 0.474. The lowest BCUT2D eigenvalue weighted by Crippen LogP contribution is -2.42. The Labute approximate surface area is 148 Å². The third-order valence-corrected chi connectivity index (χ3v) is 4.54. The van der Waals surface area contributed by atoms with E-state index in [1.165, 1.54) is 0 Å². The van der Waals surface area contributed by atoms with Gasteiger partial charge in [-0.1, -0.05) is 12.1 Å². The van der Waals surface area contributed by atoms with Crippen LogP contribution < -0.4 is 10.6 Å². The largest absolute Gasteiger partial charge is 0.378 e. The van der Waals surface area contributed by atoms with E-state index in [0.717, 1.165) is 37.1 Å². The third-order valence-electron chi connectivity index (χ3n) is 4.54. The van der Waals surface area contributed by atoms with Gasteiger partial charge in [0, 0.05) is 30.7 Å². The summed E-state index contributed by atoms with van der Waals surface area (Å²) in [6.45, 7) is 4.84. The number of hydrogen-bond acceptors (Lipinski definition) is 3. The van der Waals surface area contributed by atoms with Crippen LogP contribution in [0.15, 0.2) is 43.0 Å². The van der Waals surface area contributed by atoms with Crippen molar-refractivity contribution in [2.75, 3.05) is 6.61 Å². The number of carbonyl (C=O) groups excluding carboxylic acids is 1. The van der Waals surface area contributed by atoms with Gasteiger partial charge in [-0.05, 0) is 50.8 Å². The molecule has 3 unspecified atom stereocenters. The zero-order valence-corrected chi connectivity index (χ0v) is 14.8. The van der Waals surface area contributed by atoms with Crippen LogP contribution in [0.4, 0.5) is 4.79 Å². The molecule has 0 spiro atoms. The minimum absolute atomic E-state index is 0.0848. The number of ether oxygens (including phenoxy) is 1. The molecule has 2 N–H and O–H groups in total. The van der Waals surface area contributed by atoms with Crippen LogP contribution in [0.1, 0.15) is 44.7 Å². The van der Waals surface area contributed by atoms with E-state index < -0.39 is 0 Å². The highest BCUT2D eigenvalue weighted by atomic mass is 16.5. The summed E-state index contributed by atoms with van der Waals surface area (Å²) in [4.78, 5) is 16.3. The van der Waals surface area contributed by atoms with Crippen molar-refractivity contribution in [1.82, 2.24) is 20.2 Å². The lowest BCUT2D eigenvalue weighted by molar-refractivity contribution is 0.0971. The zero-order valence-electron chi connectivity index (χ0n) is 14.8. The number of imidazole rings is 1. The molecule has 6 heteroatoms. The summed E-state index contributed by atoms with van der Waals surface area (Å²) >= 11 is 0. The molecule has 0 saturated carbocycles. The number of nitrogens with one attached hydrogen (secondary N) is 2. The van der Waals surface area contributed by atoms with Gasteiger partial charge in [-0.2, -0.15) is 0 Å². The molecular weight excluding hydrogens is 316 g/mol. The quantitative estimate of drug-likeness (QED) is 0.847. The first-order valence-corrected chi connectivity index (χ1v) is 8.89. The second-order valence-corrected chi connectivity index (χ2v) is 6.68. The number of urea groups is 1. The van der Waals surface area contributed by atoms with Crippen molar-refractivity contribution >= 4 is 6.03 Å². The summed E-state index contributed by atoms with van der Waals surface area (Å²) in [7, 11) is 0. The molecule has 1 aromatic heterocycles.